The number of morpholine rings is 1. The van der Waals surface area contributed by atoms with Gasteiger partial charge in [-0.1, -0.05) is 6.08 Å². The smallest absolute Gasteiger partial charge is 0.410 e. The monoisotopic (exact) mass is 518 g/mol. The Labute approximate surface area is 218 Å². The molecule has 0 radical (unpaired) electrons. The molecule has 1 aromatic rings. The second-order valence-corrected chi connectivity index (χ2v) is 10.1. The van der Waals surface area contributed by atoms with Crippen molar-refractivity contribution in [3.05, 3.63) is 29.5 Å². The Bertz CT molecular complexity index is 1000. The lowest BCUT2D eigenvalue weighted by Gasteiger charge is -2.38. The van der Waals surface area contributed by atoms with Gasteiger partial charge in [0.1, 0.15) is 5.60 Å². The van der Waals surface area contributed by atoms with Crippen molar-refractivity contribution < 1.29 is 33.3 Å². The molecule has 0 spiro atoms. The molecule has 11 nitrogen and oxygen atoms in total. The van der Waals surface area contributed by atoms with Crippen LogP contribution in [0.25, 0.3) is 6.08 Å². The molecule has 11 heteroatoms. The van der Waals surface area contributed by atoms with Crippen molar-refractivity contribution in [1.29, 1.82) is 0 Å². The van der Waals surface area contributed by atoms with E-state index in [0.29, 0.717) is 18.1 Å². The third-order valence-corrected chi connectivity index (χ3v) is 5.98. The van der Waals surface area contributed by atoms with Gasteiger partial charge in [0.25, 0.3) is 5.91 Å². The molecule has 37 heavy (non-hydrogen) atoms. The molecule has 0 aromatic carbocycles. The molecule has 3 amide bonds. The first kappa shape index (κ1) is 28.2. The maximum Gasteiger partial charge on any atom is 0.410 e. The molecule has 2 heterocycles. The number of nitrogens with one attached hydrogen (secondary N) is 1. The summed E-state index contributed by atoms with van der Waals surface area (Å²) in [5.41, 5.74) is 0.860. The minimum Gasteiger partial charge on any atom is -0.481 e. The van der Waals surface area contributed by atoms with Crippen molar-refractivity contribution >= 4 is 24.2 Å². The molecule has 1 N–H and O–H groups in total. The van der Waals surface area contributed by atoms with Crippen LogP contribution in [-0.2, 0) is 19.0 Å². The molecule has 3 rings (SSSR count). The molecule has 2 atom stereocenters. The van der Waals surface area contributed by atoms with E-state index in [1.54, 1.807) is 12.2 Å². The average molecular weight is 519 g/mol. The van der Waals surface area contributed by atoms with Crippen LogP contribution in [0.15, 0.2) is 18.2 Å². The number of aromatic nitrogens is 1. The maximum atomic E-state index is 13.7. The number of methoxy groups -OCH3 is 2. The van der Waals surface area contributed by atoms with E-state index in [2.05, 4.69) is 15.0 Å². The number of rotatable bonds is 8. The van der Waals surface area contributed by atoms with Crippen molar-refractivity contribution in [2.75, 3.05) is 40.5 Å². The van der Waals surface area contributed by atoms with Gasteiger partial charge in [0, 0.05) is 25.2 Å². The van der Waals surface area contributed by atoms with E-state index < -0.39 is 23.9 Å². The van der Waals surface area contributed by atoms with Crippen LogP contribution in [0.5, 0.6) is 5.88 Å². The molecule has 2 aliphatic rings. The minimum absolute atomic E-state index is 0.102. The lowest BCUT2D eigenvalue weighted by Crippen LogP contribution is -2.54. The Morgan fingerprint density at radius 3 is 2.62 bits per heavy atom. The predicted molar refractivity (Wildman–Crippen MR) is 136 cm³/mol. The van der Waals surface area contributed by atoms with Gasteiger partial charge in [-0.25, -0.2) is 14.6 Å². The molecule has 1 unspecified atom stereocenters. The summed E-state index contributed by atoms with van der Waals surface area (Å²) in [6.07, 6.45) is 3.60. The summed E-state index contributed by atoms with van der Waals surface area (Å²) in [7, 11) is 2.84. The molecule has 1 aliphatic heterocycles. The molecular weight excluding hydrogens is 480 g/mol. The molecule has 1 aromatic heterocycles. The van der Waals surface area contributed by atoms with E-state index in [9.17, 15) is 14.4 Å². The van der Waals surface area contributed by atoms with Gasteiger partial charge in [-0.05, 0) is 58.2 Å². The number of nitrogens with zero attached hydrogens (tertiary/aromatic N) is 3. The van der Waals surface area contributed by atoms with Gasteiger partial charge < -0.3 is 34.1 Å². The summed E-state index contributed by atoms with van der Waals surface area (Å²) < 4.78 is 21.3. The topological polar surface area (TPSA) is 120 Å². The lowest BCUT2D eigenvalue weighted by molar-refractivity contribution is -0.151. The summed E-state index contributed by atoms with van der Waals surface area (Å²) in [5.74, 6) is 0.261. The highest BCUT2D eigenvalue weighted by molar-refractivity contribution is 5.83. The number of hydrogen-bond acceptors (Lipinski definition) is 8. The van der Waals surface area contributed by atoms with Crippen LogP contribution in [0.2, 0.25) is 0 Å². The number of carbonyl (C=O) groups excluding carboxylic acids is 3. The number of ether oxygens (including phenoxy) is 4. The largest absolute Gasteiger partial charge is 0.481 e. The predicted octanol–water partition coefficient (Wildman–Crippen LogP) is 3.15. The van der Waals surface area contributed by atoms with Crippen molar-refractivity contribution in [2.24, 2.45) is 0 Å². The van der Waals surface area contributed by atoms with E-state index in [0.717, 1.165) is 18.4 Å². The minimum atomic E-state index is -0.767. The average Bonchev–Trinajstić information content (AvgIpc) is 3.70. The zero-order valence-electron chi connectivity index (χ0n) is 22.5. The fourth-order valence-corrected chi connectivity index (χ4v) is 4.03. The van der Waals surface area contributed by atoms with Gasteiger partial charge in [-0.3, -0.25) is 4.79 Å². The van der Waals surface area contributed by atoms with Crippen molar-refractivity contribution in [2.45, 2.75) is 64.3 Å². The van der Waals surface area contributed by atoms with E-state index >= 15 is 0 Å². The lowest BCUT2D eigenvalue weighted by atomic mass is 10.0. The zero-order chi connectivity index (χ0) is 27.2. The van der Waals surface area contributed by atoms with Crippen LogP contribution < -0.4 is 10.1 Å². The Balaban J connectivity index is 1.76. The summed E-state index contributed by atoms with van der Waals surface area (Å²) in [4.78, 5) is 45.4. The normalized spacial score (nSPS) is 18.8. The Morgan fingerprint density at radius 2 is 2.00 bits per heavy atom. The second kappa shape index (κ2) is 12.3. The van der Waals surface area contributed by atoms with E-state index in [-0.39, 0.29) is 37.7 Å². The molecule has 1 saturated carbocycles. The number of carbonyl (C=O) groups is 3. The number of hydrogen-bond donors (Lipinski definition) is 1. The third kappa shape index (κ3) is 8.08. The summed E-state index contributed by atoms with van der Waals surface area (Å²) in [6, 6.07) is 3.52. The van der Waals surface area contributed by atoms with Crippen LogP contribution in [0, 0.1) is 0 Å². The molecule has 1 aliphatic carbocycles. The highest BCUT2D eigenvalue weighted by atomic mass is 16.6. The van der Waals surface area contributed by atoms with Gasteiger partial charge >= 0.3 is 12.2 Å². The SMILES string of the molecule is COC(=O)NC/C=C/c1cc(C(C)N(C(=O)[C@H]2CN(C(=O)OC(C)(C)C)CCO2)C2CC2)cc(OC)n1. The fourth-order valence-electron chi connectivity index (χ4n) is 4.03. The first-order valence-electron chi connectivity index (χ1n) is 12.5. The molecule has 0 bridgehead atoms. The zero-order valence-corrected chi connectivity index (χ0v) is 22.5. The Kier molecular flexibility index (Phi) is 9.36. The highest BCUT2D eigenvalue weighted by Gasteiger charge is 2.42. The van der Waals surface area contributed by atoms with Crippen LogP contribution in [0.4, 0.5) is 9.59 Å². The Hall–Kier alpha value is -3.34. The molecule has 204 valence electrons. The first-order valence-corrected chi connectivity index (χ1v) is 12.5. The van der Waals surface area contributed by atoms with E-state index in [1.165, 1.54) is 19.1 Å². The Morgan fingerprint density at radius 1 is 1.27 bits per heavy atom. The molecule has 2 fully saturated rings. The van der Waals surface area contributed by atoms with Crippen molar-refractivity contribution in [3.63, 3.8) is 0 Å². The van der Waals surface area contributed by atoms with Gasteiger partial charge in [0.05, 0.1) is 39.1 Å². The van der Waals surface area contributed by atoms with Crippen molar-refractivity contribution in [3.8, 4) is 5.88 Å². The maximum absolute atomic E-state index is 13.7. The number of amides is 3. The highest BCUT2D eigenvalue weighted by Crippen LogP contribution is 2.36. The number of pyridine rings is 1. The van der Waals surface area contributed by atoms with Crippen LogP contribution in [-0.4, -0.2) is 91.1 Å². The molecular formula is C26H38N4O7. The summed E-state index contributed by atoms with van der Waals surface area (Å²) >= 11 is 0. The van der Waals surface area contributed by atoms with Gasteiger partial charge in [-0.2, -0.15) is 0 Å². The fraction of sp³-hybridized carbons (Fsp3) is 0.615. The van der Waals surface area contributed by atoms with E-state index in [1.807, 2.05) is 44.7 Å². The molecule has 1 saturated heterocycles. The van der Waals surface area contributed by atoms with E-state index in [4.69, 9.17) is 14.2 Å². The second-order valence-electron chi connectivity index (χ2n) is 10.1. The third-order valence-electron chi connectivity index (χ3n) is 5.98. The van der Waals surface area contributed by atoms with Crippen LogP contribution in [0.3, 0.4) is 0 Å². The van der Waals surface area contributed by atoms with Gasteiger partial charge in [0.2, 0.25) is 5.88 Å². The summed E-state index contributed by atoms with van der Waals surface area (Å²) in [5, 5.41) is 2.57. The van der Waals surface area contributed by atoms with Gasteiger partial charge in [0.15, 0.2) is 6.10 Å². The van der Waals surface area contributed by atoms with Crippen molar-refractivity contribution in [1.82, 2.24) is 20.1 Å². The van der Waals surface area contributed by atoms with Crippen LogP contribution in [0.1, 0.15) is 57.8 Å². The van der Waals surface area contributed by atoms with Gasteiger partial charge in [-0.15, -0.1) is 0 Å². The van der Waals surface area contributed by atoms with Crippen LogP contribution >= 0.6 is 0 Å². The summed E-state index contributed by atoms with van der Waals surface area (Å²) in [6.45, 7) is 8.46. The standard InChI is InChI=1S/C26H38N4O7/c1-17(18-14-19(28-22(15-18)34-5)8-7-11-27-24(32)35-6)30(20-9-10-20)23(31)21-16-29(12-13-36-21)25(33)37-26(2,3)4/h7-8,14-15,17,20-21H,9-13,16H2,1-6H3,(H,27,32)/b8-7+/t17?,21-/m1/s1. The first-order chi connectivity index (χ1) is 17.5. The quantitative estimate of drug-likeness (QED) is 0.557. The number of alkyl carbamates (subject to hydrolysis) is 1.